The predicted molar refractivity (Wildman–Crippen MR) is 88.9 cm³/mol. The molecule has 1 heterocycles. The Bertz CT molecular complexity index is 503. The number of aliphatic hydroxyl groups is 1. The van der Waals surface area contributed by atoms with Crippen molar-refractivity contribution in [2.45, 2.75) is 71.1 Å². The van der Waals surface area contributed by atoms with Gasteiger partial charge in [0.15, 0.2) is 0 Å². The van der Waals surface area contributed by atoms with Gasteiger partial charge >= 0.3 is 13.6 Å². The molecule has 1 aliphatic heterocycles. The summed E-state index contributed by atoms with van der Waals surface area (Å²) < 4.78 is 23.3. The zero-order valence-electron chi connectivity index (χ0n) is 14.8. The van der Waals surface area contributed by atoms with Crippen LogP contribution in [0.5, 0.6) is 5.75 Å². The maximum atomic E-state index is 10.1. The minimum Gasteiger partial charge on any atom is -0.441 e. The van der Waals surface area contributed by atoms with E-state index in [1.165, 1.54) is 0 Å². The van der Waals surface area contributed by atoms with Crippen molar-refractivity contribution in [1.82, 2.24) is 0 Å². The van der Waals surface area contributed by atoms with E-state index in [9.17, 15) is 5.11 Å². The molecule has 128 valence electrons. The van der Waals surface area contributed by atoms with Gasteiger partial charge < -0.3 is 23.9 Å². The number of hydrogen-bond donors (Lipinski definition) is 1. The Morgan fingerprint density at radius 3 is 2.13 bits per heavy atom. The van der Waals surface area contributed by atoms with Gasteiger partial charge in [0.05, 0.1) is 11.2 Å². The third-order valence-electron chi connectivity index (χ3n) is 4.80. The van der Waals surface area contributed by atoms with Gasteiger partial charge in [-0.2, -0.15) is 0 Å². The average Bonchev–Trinajstić information content (AvgIpc) is 2.68. The summed E-state index contributed by atoms with van der Waals surface area (Å²) in [7, 11) is -0.591. The Kier molecular flexibility index (Phi) is 5.11. The van der Waals surface area contributed by atoms with Gasteiger partial charge in [-0.1, -0.05) is 25.1 Å². The van der Waals surface area contributed by atoms with Gasteiger partial charge in [0, 0.05) is 0 Å². The molecule has 2 rings (SSSR count). The number of para-hydroxylation sites is 1. The average molecular weight is 322 g/mol. The molecule has 5 nitrogen and oxygen atoms in total. The number of benzene rings is 1. The third-order valence-corrected chi connectivity index (χ3v) is 4.80. The molecule has 0 spiro atoms. The van der Waals surface area contributed by atoms with Crippen molar-refractivity contribution in [1.29, 1.82) is 0 Å². The SMILES string of the molecule is CCC(C)(OC(O)Oc1ccccc1)B1OC(C)(C)C(C)(C)O1. The molecule has 6 heteroatoms. The molecular weight excluding hydrogens is 295 g/mol. The van der Waals surface area contributed by atoms with E-state index in [4.69, 9.17) is 18.8 Å². The highest BCUT2D eigenvalue weighted by Crippen LogP contribution is 2.41. The number of hydrogen-bond acceptors (Lipinski definition) is 5. The molecular formula is C17H27BO5. The quantitative estimate of drug-likeness (QED) is 0.644. The molecule has 1 fully saturated rings. The van der Waals surface area contributed by atoms with Crippen LogP contribution in [-0.2, 0) is 14.0 Å². The summed E-state index contributed by atoms with van der Waals surface area (Å²) in [6.07, 6.45) is 0.596. The molecule has 2 unspecified atom stereocenters. The van der Waals surface area contributed by atoms with Crippen molar-refractivity contribution < 1.29 is 23.9 Å². The van der Waals surface area contributed by atoms with E-state index in [2.05, 4.69) is 0 Å². The Labute approximate surface area is 139 Å². The Balaban J connectivity index is 2.06. The van der Waals surface area contributed by atoms with Gasteiger partial charge in [-0.15, -0.1) is 0 Å². The predicted octanol–water partition coefficient (Wildman–Crippen LogP) is 3.16. The smallest absolute Gasteiger partial charge is 0.441 e. The van der Waals surface area contributed by atoms with Gasteiger partial charge in [-0.3, -0.25) is 0 Å². The first-order valence-corrected chi connectivity index (χ1v) is 8.03. The fourth-order valence-corrected chi connectivity index (χ4v) is 2.27. The van der Waals surface area contributed by atoms with Crippen LogP contribution in [0.2, 0.25) is 0 Å². The summed E-state index contributed by atoms with van der Waals surface area (Å²) in [5, 5.41) is 10.1. The second kappa shape index (κ2) is 6.44. The van der Waals surface area contributed by atoms with Crippen LogP contribution in [0, 0.1) is 0 Å². The molecule has 0 aromatic heterocycles. The van der Waals surface area contributed by atoms with Gasteiger partial charge in [-0.05, 0) is 53.2 Å². The number of aliphatic hydroxyl groups excluding tert-OH is 1. The molecule has 1 N–H and O–H groups in total. The van der Waals surface area contributed by atoms with Crippen molar-refractivity contribution in [3.8, 4) is 5.75 Å². The second-order valence-corrected chi connectivity index (χ2v) is 7.11. The highest BCUT2D eigenvalue weighted by Gasteiger charge is 2.58. The van der Waals surface area contributed by atoms with Crippen molar-refractivity contribution in [2.75, 3.05) is 0 Å². The Hall–Kier alpha value is -1.08. The van der Waals surface area contributed by atoms with Gasteiger partial charge in [-0.25, -0.2) is 0 Å². The monoisotopic (exact) mass is 322 g/mol. The van der Waals surface area contributed by atoms with E-state index in [-0.39, 0.29) is 0 Å². The van der Waals surface area contributed by atoms with Crippen molar-refractivity contribution in [2.24, 2.45) is 0 Å². The van der Waals surface area contributed by atoms with Crippen LogP contribution >= 0.6 is 0 Å². The van der Waals surface area contributed by atoms with Crippen molar-refractivity contribution >= 4 is 7.12 Å². The fraction of sp³-hybridized carbons (Fsp3) is 0.647. The fourth-order valence-electron chi connectivity index (χ4n) is 2.27. The highest BCUT2D eigenvalue weighted by molar-refractivity contribution is 6.49. The van der Waals surface area contributed by atoms with Gasteiger partial charge in [0.2, 0.25) is 0 Å². The molecule has 0 radical (unpaired) electrons. The van der Waals surface area contributed by atoms with Crippen LogP contribution in [0.15, 0.2) is 30.3 Å². The molecule has 1 aromatic rings. The number of rotatable bonds is 6. The summed E-state index contributed by atoms with van der Waals surface area (Å²) in [6.45, 7) is 10.4. The van der Waals surface area contributed by atoms with E-state index in [1.807, 2.05) is 59.7 Å². The summed E-state index contributed by atoms with van der Waals surface area (Å²) in [4.78, 5) is 0. The number of ether oxygens (including phenoxy) is 2. The molecule has 1 aliphatic rings. The third kappa shape index (κ3) is 3.88. The van der Waals surface area contributed by atoms with Gasteiger partial charge in [0.1, 0.15) is 11.2 Å². The van der Waals surface area contributed by atoms with Crippen LogP contribution in [0.25, 0.3) is 0 Å². The van der Waals surface area contributed by atoms with Crippen molar-refractivity contribution in [3.05, 3.63) is 30.3 Å². The van der Waals surface area contributed by atoms with E-state index in [0.717, 1.165) is 0 Å². The lowest BCUT2D eigenvalue weighted by molar-refractivity contribution is -0.254. The maximum Gasteiger partial charge on any atom is 0.492 e. The van der Waals surface area contributed by atoms with Crippen LogP contribution in [0.1, 0.15) is 48.0 Å². The molecule has 2 atom stereocenters. The zero-order chi connectivity index (χ0) is 17.3. The highest BCUT2D eigenvalue weighted by atomic mass is 16.8. The zero-order valence-corrected chi connectivity index (χ0v) is 14.8. The lowest BCUT2D eigenvalue weighted by atomic mass is 9.66. The summed E-state index contributed by atoms with van der Waals surface area (Å²) in [5.74, 6) is 0.535. The largest absolute Gasteiger partial charge is 0.492 e. The standard InChI is InChI=1S/C17H27BO5/c1-7-17(6,18-22-15(2,3)16(4,5)23-18)21-14(19)20-13-11-9-8-10-12-13/h8-12,14,19H,7H2,1-6H3. The lowest BCUT2D eigenvalue weighted by Gasteiger charge is -2.32. The van der Waals surface area contributed by atoms with E-state index >= 15 is 0 Å². The summed E-state index contributed by atoms with van der Waals surface area (Å²) >= 11 is 0. The molecule has 23 heavy (non-hydrogen) atoms. The molecule has 0 saturated carbocycles. The molecule has 1 aromatic carbocycles. The second-order valence-electron chi connectivity index (χ2n) is 7.11. The van der Waals surface area contributed by atoms with E-state index in [0.29, 0.717) is 12.2 Å². The lowest BCUT2D eigenvalue weighted by Crippen LogP contribution is -2.50. The van der Waals surface area contributed by atoms with Crippen LogP contribution < -0.4 is 4.74 Å². The normalized spacial score (nSPS) is 23.3. The molecule has 1 saturated heterocycles. The van der Waals surface area contributed by atoms with Crippen LogP contribution in [0.4, 0.5) is 0 Å². The topological polar surface area (TPSA) is 57.2 Å². The molecule has 0 amide bonds. The van der Waals surface area contributed by atoms with E-state index < -0.39 is 30.3 Å². The van der Waals surface area contributed by atoms with Crippen molar-refractivity contribution in [3.63, 3.8) is 0 Å². The minimum atomic E-state index is -1.40. The maximum absolute atomic E-state index is 10.1. The molecule has 0 bridgehead atoms. The Morgan fingerprint density at radius 1 is 1.13 bits per heavy atom. The van der Waals surface area contributed by atoms with Gasteiger partial charge in [0.25, 0.3) is 0 Å². The first kappa shape index (κ1) is 18.3. The minimum absolute atomic E-state index is 0.456. The summed E-state index contributed by atoms with van der Waals surface area (Å²) in [6, 6.07) is 9.04. The molecule has 0 aliphatic carbocycles. The van der Waals surface area contributed by atoms with Crippen LogP contribution in [0.3, 0.4) is 0 Å². The first-order valence-electron chi connectivity index (χ1n) is 8.03. The summed E-state index contributed by atoms with van der Waals surface area (Å²) in [5.41, 5.74) is -1.75. The first-order chi connectivity index (χ1) is 10.6. The Morgan fingerprint density at radius 2 is 1.65 bits per heavy atom. The van der Waals surface area contributed by atoms with Crippen LogP contribution in [-0.4, -0.2) is 35.4 Å². The van der Waals surface area contributed by atoms with E-state index in [1.54, 1.807) is 12.1 Å².